The highest BCUT2D eigenvalue weighted by molar-refractivity contribution is 5.53. The fourth-order valence-electron chi connectivity index (χ4n) is 2.16. The first-order chi connectivity index (χ1) is 7.79. The van der Waals surface area contributed by atoms with Crippen molar-refractivity contribution in [3.8, 4) is 0 Å². The molecule has 0 radical (unpaired) electrons. The highest BCUT2D eigenvalue weighted by Gasteiger charge is 2.17. The minimum Gasteiger partial charge on any atom is -0.384 e. The molecular weight excluding hydrogens is 196 g/mol. The summed E-state index contributed by atoms with van der Waals surface area (Å²) in [5.74, 6) is 0.726. The second-order valence-corrected chi connectivity index (χ2v) is 4.83. The number of nitrogens with one attached hydrogen (secondary N) is 2. The van der Waals surface area contributed by atoms with Crippen LogP contribution in [0.5, 0.6) is 0 Å². The number of anilines is 1. The van der Waals surface area contributed by atoms with Gasteiger partial charge < -0.3 is 10.6 Å². The van der Waals surface area contributed by atoms with Crippen LogP contribution in [0.4, 0.5) is 5.69 Å². The SMILES string of the molecule is CCC(C)NCC1CNc2ccccc2C1. The van der Waals surface area contributed by atoms with Gasteiger partial charge in [0.1, 0.15) is 0 Å². The number of hydrogen-bond donors (Lipinski definition) is 2. The van der Waals surface area contributed by atoms with Gasteiger partial charge in [0, 0.05) is 24.8 Å². The van der Waals surface area contributed by atoms with E-state index >= 15 is 0 Å². The molecule has 0 aliphatic carbocycles. The van der Waals surface area contributed by atoms with E-state index in [0.717, 1.165) is 19.0 Å². The first-order valence-electron chi connectivity index (χ1n) is 6.34. The zero-order valence-electron chi connectivity index (χ0n) is 10.3. The molecule has 2 unspecified atom stereocenters. The van der Waals surface area contributed by atoms with E-state index in [1.165, 1.54) is 24.1 Å². The molecule has 0 aromatic heterocycles. The monoisotopic (exact) mass is 218 g/mol. The summed E-state index contributed by atoms with van der Waals surface area (Å²) in [7, 11) is 0. The van der Waals surface area contributed by atoms with Crippen LogP contribution < -0.4 is 10.6 Å². The van der Waals surface area contributed by atoms with E-state index in [0.29, 0.717) is 6.04 Å². The summed E-state index contributed by atoms with van der Waals surface area (Å²) in [6.45, 7) is 6.70. The van der Waals surface area contributed by atoms with Crippen molar-refractivity contribution in [2.75, 3.05) is 18.4 Å². The molecule has 1 aliphatic heterocycles. The van der Waals surface area contributed by atoms with Crippen molar-refractivity contribution in [2.24, 2.45) is 5.92 Å². The summed E-state index contributed by atoms with van der Waals surface area (Å²) >= 11 is 0. The highest BCUT2D eigenvalue weighted by atomic mass is 14.9. The summed E-state index contributed by atoms with van der Waals surface area (Å²) in [6.07, 6.45) is 2.41. The lowest BCUT2D eigenvalue weighted by Crippen LogP contribution is -2.36. The Morgan fingerprint density at radius 2 is 2.25 bits per heavy atom. The maximum Gasteiger partial charge on any atom is 0.0372 e. The van der Waals surface area contributed by atoms with Crippen LogP contribution in [0.1, 0.15) is 25.8 Å². The van der Waals surface area contributed by atoms with Gasteiger partial charge in [-0.05, 0) is 37.3 Å². The van der Waals surface area contributed by atoms with Crippen LogP contribution in [0.3, 0.4) is 0 Å². The van der Waals surface area contributed by atoms with Gasteiger partial charge in [0.25, 0.3) is 0 Å². The first kappa shape index (κ1) is 11.5. The third-order valence-electron chi connectivity index (χ3n) is 3.47. The number of fused-ring (bicyclic) bond motifs is 1. The van der Waals surface area contributed by atoms with Gasteiger partial charge in [-0.25, -0.2) is 0 Å². The molecule has 1 aromatic carbocycles. The van der Waals surface area contributed by atoms with Crippen LogP contribution in [-0.4, -0.2) is 19.1 Å². The van der Waals surface area contributed by atoms with E-state index < -0.39 is 0 Å². The normalized spacial score (nSPS) is 21.0. The van der Waals surface area contributed by atoms with Gasteiger partial charge in [0.2, 0.25) is 0 Å². The number of benzene rings is 1. The minimum absolute atomic E-state index is 0.636. The van der Waals surface area contributed by atoms with Gasteiger partial charge in [0.05, 0.1) is 0 Å². The van der Waals surface area contributed by atoms with E-state index in [1.807, 2.05) is 0 Å². The van der Waals surface area contributed by atoms with Crippen molar-refractivity contribution in [3.63, 3.8) is 0 Å². The van der Waals surface area contributed by atoms with E-state index in [9.17, 15) is 0 Å². The van der Waals surface area contributed by atoms with Gasteiger partial charge in [-0.15, -0.1) is 0 Å². The van der Waals surface area contributed by atoms with Gasteiger partial charge >= 0.3 is 0 Å². The van der Waals surface area contributed by atoms with Crippen molar-refractivity contribution >= 4 is 5.69 Å². The Balaban J connectivity index is 1.88. The first-order valence-corrected chi connectivity index (χ1v) is 6.34. The lowest BCUT2D eigenvalue weighted by Gasteiger charge is -2.27. The predicted octanol–water partition coefficient (Wildman–Crippen LogP) is 2.66. The van der Waals surface area contributed by atoms with Crippen LogP contribution >= 0.6 is 0 Å². The van der Waals surface area contributed by atoms with Crippen molar-refractivity contribution in [1.82, 2.24) is 5.32 Å². The molecule has 2 nitrogen and oxygen atoms in total. The van der Waals surface area contributed by atoms with Gasteiger partial charge in [-0.1, -0.05) is 25.1 Å². The average Bonchev–Trinajstić information content (AvgIpc) is 2.35. The topological polar surface area (TPSA) is 24.1 Å². The Bertz CT molecular complexity index is 335. The molecule has 1 aromatic rings. The Morgan fingerprint density at radius 3 is 3.06 bits per heavy atom. The van der Waals surface area contributed by atoms with E-state index in [2.05, 4.69) is 48.7 Å². The number of hydrogen-bond acceptors (Lipinski definition) is 2. The molecule has 0 amide bonds. The Labute approximate surface area is 98.4 Å². The molecule has 2 N–H and O–H groups in total. The molecule has 0 bridgehead atoms. The highest BCUT2D eigenvalue weighted by Crippen LogP contribution is 2.23. The lowest BCUT2D eigenvalue weighted by molar-refractivity contribution is 0.436. The molecule has 0 fully saturated rings. The van der Waals surface area contributed by atoms with Crippen LogP contribution in [0, 0.1) is 5.92 Å². The second-order valence-electron chi connectivity index (χ2n) is 4.83. The summed E-state index contributed by atoms with van der Waals surface area (Å²) < 4.78 is 0. The molecule has 2 atom stereocenters. The molecule has 16 heavy (non-hydrogen) atoms. The molecule has 0 spiro atoms. The van der Waals surface area contributed by atoms with Gasteiger partial charge in [-0.2, -0.15) is 0 Å². The number of rotatable bonds is 4. The van der Waals surface area contributed by atoms with Crippen LogP contribution in [0.25, 0.3) is 0 Å². The molecule has 1 aliphatic rings. The zero-order valence-corrected chi connectivity index (χ0v) is 10.3. The summed E-state index contributed by atoms with van der Waals surface area (Å²) in [4.78, 5) is 0. The predicted molar refractivity (Wildman–Crippen MR) is 69.9 cm³/mol. The molecule has 1 heterocycles. The number of para-hydroxylation sites is 1. The van der Waals surface area contributed by atoms with Crippen LogP contribution in [0.15, 0.2) is 24.3 Å². The molecule has 0 saturated heterocycles. The Kier molecular flexibility index (Phi) is 3.83. The molecule has 2 rings (SSSR count). The molecule has 0 saturated carbocycles. The van der Waals surface area contributed by atoms with Crippen LogP contribution in [0.2, 0.25) is 0 Å². The molecule has 2 heteroatoms. The smallest absolute Gasteiger partial charge is 0.0372 e. The quantitative estimate of drug-likeness (QED) is 0.812. The second kappa shape index (κ2) is 5.35. The lowest BCUT2D eigenvalue weighted by atomic mass is 9.94. The Hall–Kier alpha value is -1.02. The zero-order chi connectivity index (χ0) is 11.4. The molecular formula is C14H22N2. The fraction of sp³-hybridized carbons (Fsp3) is 0.571. The van der Waals surface area contributed by atoms with E-state index in [-0.39, 0.29) is 0 Å². The van der Waals surface area contributed by atoms with Crippen molar-refractivity contribution in [3.05, 3.63) is 29.8 Å². The van der Waals surface area contributed by atoms with Crippen LogP contribution in [-0.2, 0) is 6.42 Å². The summed E-state index contributed by atoms with van der Waals surface area (Å²) in [5, 5.41) is 7.11. The van der Waals surface area contributed by atoms with Crippen molar-refractivity contribution in [2.45, 2.75) is 32.7 Å². The minimum atomic E-state index is 0.636. The van der Waals surface area contributed by atoms with Crippen molar-refractivity contribution < 1.29 is 0 Å². The Morgan fingerprint density at radius 1 is 1.44 bits per heavy atom. The van der Waals surface area contributed by atoms with Gasteiger partial charge in [-0.3, -0.25) is 0 Å². The largest absolute Gasteiger partial charge is 0.384 e. The maximum absolute atomic E-state index is 3.59. The summed E-state index contributed by atoms with van der Waals surface area (Å²) in [6, 6.07) is 9.28. The summed E-state index contributed by atoms with van der Waals surface area (Å²) in [5.41, 5.74) is 2.78. The fourth-order valence-corrected chi connectivity index (χ4v) is 2.16. The third-order valence-corrected chi connectivity index (χ3v) is 3.47. The standard InChI is InChI=1S/C14H22N2/c1-3-11(2)15-9-12-8-13-6-4-5-7-14(13)16-10-12/h4-7,11-12,15-16H,3,8-10H2,1-2H3. The van der Waals surface area contributed by atoms with E-state index in [4.69, 9.17) is 0 Å². The average molecular weight is 218 g/mol. The van der Waals surface area contributed by atoms with Gasteiger partial charge in [0.15, 0.2) is 0 Å². The van der Waals surface area contributed by atoms with E-state index in [1.54, 1.807) is 0 Å². The molecule has 88 valence electrons. The van der Waals surface area contributed by atoms with Crippen molar-refractivity contribution in [1.29, 1.82) is 0 Å². The third kappa shape index (κ3) is 2.76. The maximum atomic E-state index is 3.59.